The molecule has 0 bridgehead atoms. The van der Waals surface area contributed by atoms with Crippen LogP contribution in [0.3, 0.4) is 0 Å². The number of carbonyl (C=O) groups is 1. The van der Waals surface area contributed by atoms with Gasteiger partial charge in [-0.2, -0.15) is 5.26 Å². The van der Waals surface area contributed by atoms with E-state index in [0.29, 0.717) is 5.02 Å². The van der Waals surface area contributed by atoms with Crippen LogP contribution >= 0.6 is 11.6 Å². The summed E-state index contributed by atoms with van der Waals surface area (Å²) in [4.78, 5) is 13.3. The Labute approximate surface area is 106 Å². The summed E-state index contributed by atoms with van der Waals surface area (Å²) in [5.41, 5.74) is 0.726. The summed E-state index contributed by atoms with van der Waals surface area (Å²) in [6.45, 7) is 0.256. The van der Waals surface area contributed by atoms with Crippen molar-refractivity contribution in [2.75, 3.05) is 20.6 Å². The van der Waals surface area contributed by atoms with Crippen LogP contribution in [0, 0.1) is 11.3 Å². The number of benzene rings is 1. The Morgan fingerprint density at radius 3 is 2.53 bits per heavy atom. The third-order valence-electron chi connectivity index (χ3n) is 2.10. The van der Waals surface area contributed by atoms with E-state index in [-0.39, 0.29) is 12.5 Å². The van der Waals surface area contributed by atoms with Gasteiger partial charge in [-0.25, -0.2) is 0 Å². The standard InChI is InChI=1S/C12H14ClN3O/c1-16(2)8-12(17)15-11(7-14)9-3-5-10(13)6-4-9/h3-6,11H,8H2,1-2H3,(H,15,17). The zero-order chi connectivity index (χ0) is 12.8. The molecule has 1 N–H and O–H groups in total. The molecule has 0 radical (unpaired) electrons. The van der Waals surface area contributed by atoms with Crippen LogP contribution in [0.25, 0.3) is 0 Å². The van der Waals surface area contributed by atoms with E-state index in [4.69, 9.17) is 16.9 Å². The molecule has 0 spiro atoms. The highest BCUT2D eigenvalue weighted by molar-refractivity contribution is 6.30. The number of carbonyl (C=O) groups excluding carboxylic acids is 1. The fourth-order valence-electron chi connectivity index (χ4n) is 1.34. The van der Waals surface area contributed by atoms with Crippen molar-refractivity contribution < 1.29 is 4.79 Å². The fraction of sp³-hybridized carbons (Fsp3) is 0.333. The predicted octanol–water partition coefficient (Wildman–Crippen LogP) is 1.58. The highest BCUT2D eigenvalue weighted by Gasteiger charge is 2.13. The lowest BCUT2D eigenvalue weighted by molar-refractivity contribution is -0.122. The topological polar surface area (TPSA) is 56.1 Å². The number of likely N-dealkylation sites (N-methyl/N-ethyl adjacent to an activating group) is 1. The Kier molecular flexibility index (Phi) is 4.95. The average molecular weight is 252 g/mol. The third-order valence-corrected chi connectivity index (χ3v) is 2.35. The summed E-state index contributed by atoms with van der Waals surface area (Å²) in [6, 6.07) is 8.25. The lowest BCUT2D eigenvalue weighted by Gasteiger charge is -2.14. The Bertz CT molecular complexity index is 422. The van der Waals surface area contributed by atoms with Crippen molar-refractivity contribution in [3.63, 3.8) is 0 Å². The Hall–Kier alpha value is -1.57. The molecule has 17 heavy (non-hydrogen) atoms. The van der Waals surface area contributed by atoms with Crippen molar-refractivity contribution >= 4 is 17.5 Å². The first-order chi connectivity index (χ1) is 8.02. The van der Waals surface area contributed by atoms with Gasteiger partial charge >= 0.3 is 0 Å². The highest BCUT2D eigenvalue weighted by atomic mass is 35.5. The van der Waals surface area contributed by atoms with Gasteiger partial charge in [-0.1, -0.05) is 23.7 Å². The molecule has 5 heteroatoms. The van der Waals surface area contributed by atoms with Crippen molar-refractivity contribution in [3.05, 3.63) is 34.9 Å². The van der Waals surface area contributed by atoms with Gasteiger partial charge in [-0.15, -0.1) is 0 Å². The number of rotatable bonds is 4. The van der Waals surface area contributed by atoms with Gasteiger partial charge in [-0.3, -0.25) is 4.79 Å². The number of nitriles is 1. The maximum atomic E-state index is 11.5. The Balaban J connectivity index is 2.70. The van der Waals surface area contributed by atoms with Crippen LogP contribution < -0.4 is 5.32 Å². The lowest BCUT2D eigenvalue weighted by atomic mass is 10.1. The lowest BCUT2D eigenvalue weighted by Crippen LogP contribution is -2.35. The van der Waals surface area contributed by atoms with Gasteiger partial charge in [0.1, 0.15) is 6.04 Å². The number of nitrogens with zero attached hydrogens (tertiary/aromatic N) is 2. The van der Waals surface area contributed by atoms with E-state index in [0.717, 1.165) is 5.56 Å². The second-order valence-corrected chi connectivity index (χ2v) is 4.36. The molecule has 1 aromatic carbocycles. The van der Waals surface area contributed by atoms with Crippen molar-refractivity contribution in [1.82, 2.24) is 10.2 Å². The predicted molar refractivity (Wildman–Crippen MR) is 66.5 cm³/mol. The van der Waals surface area contributed by atoms with Gasteiger partial charge in [0.25, 0.3) is 0 Å². The van der Waals surface area contributed by atoms with E-state index in [1.54, 1.807) is 43.3 Å². The van der Waals surface area contributed by atoms with Crippen molar-refractivity contribution in [2.24, 2.45) is 0 Å². The van der Waals surface area contributed by atoms with Gasteiger partial charge in [0.15, 0.2) is 0 Å². The number of hydrogen-bond acceptors (Lipinski definition) is 3. The second-order valence-electron chi connectivity index (χ2n) is 3.92. The molecule has 0 aliphatic heterocycles. The summed E-state index contributed by atoms with van der Waals surface area (Å²) in [5, 5.41) is 12.3. The zero-order valence-corrected chi connectivity index (χ0v) is 10.5. The summed E-state index contributed by atoms with van der Waals surface area (Å²) in [7, 11) is 3.59. The molecule has 1 aromatic rings. The second kappa shape index (κ2) is 6.24. The van der Waals surface area contributed by atoms with E-state index in [1.807, 2.05) is 6.07 Å². The Morgan fingerprint density at radius 2 is 2.06 bits per heavy atom. The molecule has 0 aromatic heterocycles. The van der Waals surface area contributed by atoms with Crippen LogP contribution in [0.2, 0.25) is 5.02 Å². The molecule has 0 saturated carbocycles. The normalized spacial score (nSPS) is 11.9. The molecular formula is C12H14ClN3O. The summed E-state index contributed by atoms with van der Waals surface area (Å²) >= 11 is 5.76. The molecule has 1 unspecified atom stereocenters. The van der Waals surface area contributed by atoms with Crippen LogP contribution in [0.1, 0.15) is 11.6 Å². The molecule has 0 saturated heterocycles. The van der Waals surface area contributed by atoms with Crippen LogP contribution in [0.15, 0.2) is 24.3 Å². The monoisotopic (exact) mass is 251 g/mol. The maximum Gasteiger partial charge on any atom is 0.235 e. The average Bonchev–Trinajstić information content (AvgIpc) is 2.26. The summed E-state index contributed by atoms with van der Waals surface area (Å²) in [6.07, 6.45) is 0. The number of halogens is 1. The zero-order valence-electron chi connectivity index (χ0n) is 9.77. The van der Waals surface area contributed by atoms with Crippen molar-refractivity contribution in [3.8, 4) is 6.07 Å². The molecule has 1 atom stereocenters. The number of amides is 1. The first kappa shape index (κ1) is 13.5. The maximum absolute atomic E-state index is 11.5. The van der Waals surface area contributed by atoms with Gasteiger partial charge in [-0.05, 0) is 31.8 Å². The quantitative estimate of drug-likeness (QED) is 0.884. The van der Waals surface area contributed by atoms with Crippen LogP contribution in [0.4, 0.5) is 0 Å². The highest BCUT2D eigenvalue weighted by Crippen LogP contribution is 2.15. The van der Waals surface area contributed by atoms with Gasteiger partial charge in [0.05, 0.1) is 12.6 Å². The molecule has 1 rings (SSSR count). The molecule has 0 heterocycles. The minimum Gasteiger partial charge on any atom is -0.336 e. The van der Waals surface area contributed by atoms with E-state index >= 15 is 0 Å². The molecule has 90 valence electrons. The number of hydrogen-bond donors (Lipinski definition) is 1. The molecule has 0 aliphatic rings. The first-order valence-electron chi connectivity index (χ1n) is 5.12. The van der Waals surface area contributed by atoms with E-state index in [9.17, 15) is 4.79 Å². The smallest absolute Gasteiger partial charge is 0.235 e. The van der Waals surface area contributed by atoms with Crippen LogP contribution in [-0.2, 0) is 4.79 Å². The van der Waals surface area contributed by atoms with Gasteiger partial charge < -0.3 is 10.2 Å². The molecular weight excluding hydrogens is 238 g/mol. The SMILES string of the molecule is CN(C)CC(=O)NC(C#N)c1ccc(Cl)cc1. The van der Waals surface area contributed by atoms with E-state index in [2.05, 4.69) is 5.32 Å². The first-order valence-corrected chi connectivity index (χ1v) is 5.50. The molecule has 1 amide bonds. The largest absolute Gasteiger partial charge is 0.336 e. The summed E-state index contributed by atoms with van der Waals surface area (Å²) in [5.74, 6) is -0.184. The molecule has 0 fully saturated rings. The van der Waals surface area contributed by atoms with E-state index in [1.165, 1.54) is 0 Å². The summed E-state index contributed by atoms with van der Waals surface area (Å²) < 4.78 is 0. The van der Waals surface area contributed by atoms with E-state index < -0.39 is 6.04 Å². The Morgan fingerprint density at radius 1 is 1.47 bits per heavy atom. The van der Waals surface area contributed by atoms with Crippen LogP contribution in [0.5, 0.6) is 0 Å². The third kappa shape index (κ3) is 4.43. The van der Waals surface area contributed by atoms with Gasteiger partial charge in [0.2, 0.25) is 5.91 Å². The number of nitrogens with one attached hydrogen (secondary N) is 1. The molecule has 4 nitrogen and oxygen atoms in total. The van der Waals surface area contributed by atoms with Gasteiger partial charge in [0, 0.05) is 5.02 Å². The van der Waals surface area contributed by atoms with Crippen molar-refractivity contribution in [1.29, 1.82) is 5.26 Å². The minimum absolute atomic E-state index is 0.184. The minimum atomic E-state index is -0.639. The fourth-order valence-corrected chi connectivity index (χ4v) is 1.47. The van der Waals surface area contributed by atoms with Crippen molar-refractivity contribution in [2.45, 2.75) is 6.04 Å². The molecule has 0 aliphatic carbocycles. The van der Waals surface area contributed by atoms with Crippen LogP contribution in [-0.4, -0.2) is 31.4 Å².